The Morgan fingerprint density at radius 3 is 2.00 bits per heavy atom. The fourth-order valence-corrected chi connectivity index (χ4v) is 3.34. The van der Waals surface area contributed by atoms with E-state index in [4.69, 9.17) is 0 Å². The summed E-state index contributed by atoms with van der Waals surface area (Å²) in [4.78, 5) is 11.2. The third kappa shape index (κ3) is 2.47. The molecule has 5 heteroatoms. The molecule has 0 atom stereocenters. The molecule has 0 aliphatic rings. The van der Waals surface area contributed by atoms with E-state index in [1.165, 1.54) is 13.1 Å². The monoisotopic (exact) mass is 232 g/mol. The second-order valence-corrected chi connectivity index (χ2v) is 8.10. The van der Waals surface area contributed by atoms with E-state index in [-0.39, 0.29) is 0 Å². The van der Waals surface area contributed by atoms with Crippen LogP contribution in [-0.2, 0) is 4.79 Å². The van der Waals surface area contributed by atoms with Gasteiger partial charge in [0.15, 0.2) is 8.07 Å². The second kappa shape index (κ2) is 3.81. The molecular weight excluding hydrogens is 221 g/mol. The molecule has 0 saturated heterocycles. The smallest absolute Gasteiger partial charge is 0.295 e. The maximum absolute atomic E-state index is 12.3. The van der Waals surface area contributed by atoms with Gasteiger partial charge in [-0.15, -0.1) is 0 Å². The van der Waals surface area contributed by atoms with Crippen molar-refractivity contribution in [2.45, 2.75) is 19.3 Å². The molecule has 0 aliphatic carbocycles. The van der Waals surface area contributed by atoms with Gasteiger partial charge in [-0.3, -0.25) is 4.79 Å². The number of hydrogen-bond donors (Lipinski definition) is 0. The number of carbonyl (C=O) groups excluding carboxylic acids is 1. The SMILES string of the molecule is C[Si](C)(C(=O)C(F)(F)F)c1ccccc1. The van der Waals surface area contributed by atoms with Crippen LogP contribution in [-0.4, -0.2) is 19.7 Å². The van der Waals surface area contributed by atoms with Gasteiger partial charge < -0.3 is 0 Å². The lowest BCUT2D eigenvalue weighted by atomic mass is 10.4. The van der Waals surface area contributed by atoms with Crippen molar-refractivity contribution in [3.63, 3.8) is 0 Å². The van der Waals surface area contributed by atoms with Crippen molar-refractivity contribution in [2.24, 2.45) is 0 Å². The van der Waals surface area contributed by atoms with Crippen LogP contribution >= 0.6 is 0 Å². The van der Waals surface area contributed by atoms with Gasteiger partial charge in [0.25, 0.3) is 0 Å². The van der Waals surface area contributed by atoms with Crippen molar-refractivity contribution in [1.29, 1.82) is 0 Å². The average Bonchev–Trinajstić information content (AvgIpc) is 2.16. The summed E-state index contributed by atoms with van der Waals surface area (Å²) >= 11 is 0. The molecule has 0 spiro atoms. The first-order chi connectivity index (χ1) is 6.76. The minimum absolute atomic E-state index is 0.507. The Bertz CT molecular complexity index is 357. The molecule has 0 aromatic heterocycles. The fraction of sp³-hybridized carbons (Fsp3) is 0.300. The molecule has 1 nitrogen and oxygen atoms in total. The highest BCUT2D eigenvalue weighted by Crippen LogP contribution is 2.22. The van der Waals surface area contributed by atoms with E-state index in [9.17, 15) is 18.0 Å². The molecule has 0 N–H and O–H groups in total. The Balaban J connectivity index is 3.09. The Hall–Kier alpha value is -1.10. The number of halogens is 3. The molecule has 0 saturated carbocycles. The second-order valence-electron chi connectivity index (χ2n) is 3.82. The van der Waals surface area contributed by atoms with Gasteiger partial charge >= 0.3 is 6.18 Å². The molecule has 0 fully saturated rings. The van der Waals surface area contributed by atoms with Crippen molar-refractivity contribution in [3.8, 4) is 0 Å². The van der Waals surface area contributed by atoms with Gasteiger partial charge in [-0.2, -0.15) is 13.2 Å². The van der Waals surface area contributed by atoms with Crippen LogP contribution in [0.15, 0.2) is 30.3 Å². The van der Waals surface area contributed by atoms with E-state index in [1.807, 2.05) is 0 Å². The van der Waals surface area contributed by atoms with E-state index < -0.39 is 19.7 Å². The molecule has 0 unspecified atom stereocenters. The summed E-state index contributed by atoms with van der Waals surface area (Å²) in [6.45, 7) is 2.83. The summed E-state index contributed by atoms with van der Waals surface area (Å²) in [5.41, 5.74) is 0. The zero-order chi connectivity index (χ0) is 11.7. The largest absolute Gasteiger partial charge is 0.445 e. The van der Waals surface area contributed by atoms with Crippen LogP contribution in [0.5, 0.6) is 0 Å². The normalized spacial score (nSPS) is 12.6. The average molecular weight is 232 g/mol. The van der Waals surface area contributed by atoms with E-state index in [1.54, 1.807) is 30.3 Å². The van der Waals surface area contributed by atoms with Gasteiger partial charge in [-0.25, -0.2) is 0 Å². The Morgan fingerprint density at radius 2 is 1.60 bits per heavy atom. The summed E-state index contributed by atoms with van der Waals surface area (Å²) in [6.07, 6.45) is -4.73. The molecule has 82 valence electrons. The highest BCUT2D eigenvalue weighted by molar-refractivity contribution is 7.13. The molecule has 0 heterocycles. The zero-order valence-electron chi connectivity index (χ0n) is 8.43. The lowest BCUT2D eigenvalue weighted by Gasteiger charge is -2.22. The van der Waals surface area contributed by atoms with Crippen LogP contribution in [0.3, 0.4) is 0 Å². The molecule has 0 aliphatic heterocycles. The molecule has 1 rings (SSSR count). The highest BCUT2D eigenvalue weighted by Gasteiger charge is 2.49. The van der Waals surface area contributed by atoms with Gasteiger partial charge in [0.2, 0.25) is 5.41 Å². The number of alkyl halides is 3. The summed E-state index contributed by atoms with van der Waals surface area (Å²) in [7, 11) is -3.08. The van der Waals surface area contributed by atoms with E-state index >= 15 is 0 Å². The van der Waals surface area contributed by atoms with Crippen LogP contribution in [0.1, 0.15) is 0 Å². The first-order valence-corrected chi connectivity index (χ1v) is 7.43. The lowest BCUT2D eigenvalue weighted by molar-refractivity contribution is -0.162. The summed E-state index contributed by atoms with van der Waals surface area (Å²) < 4.78 is 36.9. The van der Waals surface area contributed by atoms with E-state index in [0.717, 1.165) is 0 Å². The number of carbonyl (C=O) groups is 1. The van der Waals surface area contributed by atoms with Gasteiger partial charge in [0, 0.05) is 0 Å². The fourth-order valence-electron chi connectivity index (χ4n) is 1.34. The molecule has 0 amide bonds. The first kappa shape index (κ1) is 12.0. The van der Waals surface area contributed by atoms with Gasteiger partial charge in [0.05, 0.1) is 0 Å². The quantitative estimate of drug-likeness (QED) is 0.715. The molecule has 0 radical (unpaired) electrons. The maximum Gasteiger partial charge on any atom is 0.445 e. The molecule has 1 aromatic carbocycles. The van der Waals surface area contributed by atoms with Crippen LogP contribution in [0.25, 0.3) is 0 Å². The number of hydrogen-bond acceptors (Lipinski definition) is 1. The Kier molecular flexibility index (Phi) is 3.04. The third-order valence-electron chi connectivity index (χ3n) is 2.32. The summed E-state index contributed by atoms with van der Waals surface area (Å²) in [6, 6.07) is 8.17. The highest BCUT2D eigenvalue weighted by atomic mass is 28.3. The van der Waals surface area contributed by atoms with Gasteiger partial charge in [-0.05, 0) is 0 Å². The van der Waals surface area contributed by atoms with Crippen LogP contribution in [0.2, 0.25) is 13.1 Å². The van der Waals surface area contributed by atoms with Gasteiger partial charge in [0.1, 0.15) is 0 Å². The molecule has 1 aromatic rings. The topological polar surface area (TPSA) is 17.1 Å². The molecule has 0 bridgehead atoms. The first-order valence-electron chi connectivity index (χ1n) is 4.43. The minimum Gasteiger partial charge on any atom is -0.295 e. The predicted octanol–water partition coefficient (Wildman–Crippen LogP) is 2.27. The van der Waals surface area contributed by atoms with Gasteiger partial charge in [-0.1, -0.05) is 48.6 Å². The number of rotatable bonds is 2. The van der Waals surface area contributed by atoms with E-state index in [0.29, 0.717) is 5.19 Å². The van der Waals surface area contributed by atoms with Crippen molar-refractivity contribution < 1.29 is 18.0 Å². The van der Waals surface area contributed by atoms with Crippen LogP contribution in [0.4, 0.5) is 13.2 Å². The third-order valence-corrected chi connectivity index (χ3v) is 5.52. The Morgan fingerprint density at radius 1 is 1.13 bits per heavy atom. The van der Waals surface area contributed by atoms with Crippen molar-refractivity contribution in [2.75, 3.05) is 0 Å². The van der Waals surface area contributed by atoms with Crippen LogP contribution in [0, 0.1) is 0 Å². The van der Waals surface area contributed by atoms with Crippen molar-refractivity contribution >= 4 is 18.7 Å². The van der Waals surface area contributed by atoms with Crippen molar-refractivity contribution in [1.82, 2.24) is 0 Å². The van der Waals surface area contributed by atoms with Crippen LogP contribution < -0.4 is 5.19 Å². The minimum atomic E-state index is -4.73. The summed E-state index contributed by atoms with van der Waals surface area (Å²) in [5.74, 6) is 0. The standard InChI is InChI=1S/C10H11F3OSi/c1-15(2,9(14)10(11,12)13)8-6-4-3-5-7-8/h3-7H,1-2H3. The van der Waals surface area contributed by atoms with Crippen molar-refractivity contribution in [3.05, 3.63) is 30.3 Å². The lowest BCUT2D eigenvalue weighted by Crippen LogP contribution is -2.55. The molecule has 15 heavy (non-hydrogen) atoms. The predicted molar refractivity (Wildman–Crippen MR) is 54.6 cm³/mol. The summed E-state index contributed by atoms with van der Waals surface area (Å²) in [5, 5.41) is -1.08. The molecular formula is C10H11F3OSi. The Labute approximate surface area is 86.9 Å². The number of benzene rings is 1. The maximum atomic E-state index is 12.3. The zero-order valence-corrected chi connectivity index (χ0v) is 9.43. The van der Waals surface area contributed by atoms with E-state index in [2.05, 4.69) is 0 Å².